The molecule has 0 aliphatic carbocycles. The van der Waals surface area contributed by atoms with Crippen LogP contribution in [0.4, 0.5) is 13.2 Å². The molecule has 5 rings (SSSR count). The van der Waals surface area contributed by atoms with Gasteiger partial charge in [0.05, 0.1) is 27.2 Å². The second-order valence-electron chi connectivity index (χ2n) is 11.3. The van der Waals surface area contributed by atoms with Crippen molar-refractivity contribution in [3.63, 3.8) is 0 Å². The third-order valence-corrected chi connectivity index (χ3v) is 8.28. The van der Waals surface area contributed by atoms with Gasteiger partial charge in [-0.25, -0.2) is 0 Å². The zero-order valence-electron chi connectivity index (χ0n) is 23.6. The minimum absolute atomic E-state index is 0.0354. The smallest absolute Gasteiger partial charge is 0.341 e. The topological polar surface area (TPSA) is 61.6 Å². The van der Waals surface area contributed by atoms with E-state index in [1.165, 1.54) is 18.5 Å². The first-order valence-corrected chi connectivity index (χ1v) is 14.3. The van der Waals surface area contributed by atoms with Crippen LogP contribution in [-0.2, 0) is 17.3 Å². The number of likely N-dealkylation sites (N-methyl/N-ethyl adjacent to an activating group) is 2. The normalized spacial score (nSPS) is 23.8. The third kappa shape index (κ3) is 7.68. The van der Waals surface area contributed by atoms with Gasteiger partial charge in [-0.1, -0.05) is 72.3 Å². The summed E-state index contributed by atoms with van der Waals surface area (Å²) in [7, 11) is 4.12. The molecule has 2 aliphatic rings. The predicted molar refractivity (Wildman–Crippen MR) is 158 cm³/mol. The highest BCUT2D eigenvalue weighted by Crippen LogP contribution is 2.34. The fourth-order valence-corrected chi connectivity index (χ4v) is 6.17. The molecule has 3 aromatic carbocycles. The summed E-state index contributed by atoms with van der Waals surface area (Å²) < 4.78 is 38.5. The Balaban J connectivity index is 0.000000231. The minimum atomic E-state index is -4.50. The van der Waals surface area contributed by atoms with E-state index >= 15 is 0 Å². The van der Waals surface area contributed by atoms with Crippen molar-refractivity contribution in [3.8, 4) is 0 Å². The van der Waals surface area contributed by atoms with Crippen molar-refractivity contribution >= 4 is 17.5 Å². The first-order chi connectivity index (χ1) is 19.4. The predicted octanol–water partition coefficient (Wildman–Crippen LogP) is 6.28. The van der Waals surface area contributed by atoms with Gasteiger partial charge in [0.25, 0.3) is 5.91 Å². The van der Waals surface area contributed by atoms with Crippen LogP contribution in [0.25, 0.3) is 0 Å². The summed E-state index contributed by atoms with van der Waals surface area (Å²) in [6.45, 7) is 3.68. The maximum absolute atomic E-state index is 12.9. The van der Waals surface area contributed by atoms with Gasteiger partial charge < -0.3 is 20.9 Å². The molecule has 220 valence electrons. The number of nitrogens with two attached hydrogens (primary N) is 1. The van der Waals surface area contributed by atoms with Crippen molar-refractivity contribution in [1.82, 2.24) is 15.1 Å². The van der Waals surface area contributed by atoms with Crippen LogP contribution in [-0.4, -0.2) is 56.0 Å². The number of hydrogen-bond acceptors (Lipinski definition) is 4. The van der Waals surface area contributed by atoms with E-state index in [4.69, 9.17) is 17.3 Å². The molecule has 0 radical (unpaired) electrons. The Kier molecular flexibility index (Phi) is 9.80. The number of alkyl halides is 3. The minimum Gasteiger partial charge on any atom is -0.341 e. The quantitative estimate of drug-likeness (QED) is 0.378. The lowest BCUT2D eigenvalue weighted by Crippen LogP contribution is -2.55. The zero-order chi connectivity index (χ0) is 29.7. The summed E-state index contributed by atoms with van der Waals surface area (Å²) in [5.41, 5.74) is 7.08. The Morgan fingerprint density at radius 3 is 1.95 bits per heavy atom. The first-order valence-electron chi connectivity index (χ1n) is 13.9. The standard InChI is InChI=1S/C20H20ClF3N2O.C12H18N2/c1-26-11-5-10-19(13-26,14-6-3-2-4-7-14)25-18(27)16-9-8-15(12-17(16)21)20(22,23)24;1-14-9-5-8-12(13,10-14)11-6-3-2-4-7-11/h2-4,6-9,12H,5,10-11,13H2,1H3,(H,25,27);2-4,6-7H,5,8-10,13H2,1H3. The van der Waals surface area contributed by atoms with Gasteiger partial charge in [0.15, 0.2) is 0 Å². The molecule has 2 fully saturated rings. The van der Waals surface area contributed by atoms with Crippen molar-refractivity contribution in [2.24, 2.45) is 5.73 Å². The van der Waals surface area contributed by atoms with Crippen molar-refractivity contribution < 1.29 is 18.0 Å². The summed E-state index contributed by atoms with van der Waals surface area (Å²) in [5, 5.41) is 2.83. The van der Waals surface area contributed by atoms with Gasteiger partial charge in [0.2, 0.25) is 0 Å². The molecular formula is C32H38ClF3N4O. The Labute approximate surface area is 245 Å². The Bertz CT molecular complexity index is 1310. The van der Waals surface area contributed by atoms with Crippen LogP contribution in [0.15, 0.2) is 78.9 Å². The number of nitrogens with zero attached hydrogens (tertiary/aromatic N) is 2. The van der Waals surface area contributed by atoms with Crippen LogP contribution in [0, 0.1) is 0 Å². The fourth-order valence-electron chi connectivity index (χ4n) is 5.91. The molecule has 2 atom stereocenters. The number of halogens is 4. The third-order valence-electron chi connectivity index (χ3n) is 7.97. The van der Waals surface area contributed by atoms with E-state index in [2.05, 4.69) is 46.4 Å². The van der Waals surface area contributed by atoms with Gasteiger partial charge in [-0.2, -0.15) is 13.2 Å². The van der Waals surface area contributed by atoms with Crippen LogP contribution >= 0.6 is 11.6 Å². The highest BCUT2D eigenvalue weighted by molar-refractivity contribution is 6.34. The average Bonchev–Trinajstić information content (AvgIpc) is 2.94. The molecule has 3 N–H and O–H groups in total. The monoisotopic (exact) mass is 586 g/mol. The lowest BCUT2D eigenvalue weighted by molar-refractivity contribution is -0.137. The Morgan fingerprint density at radius 2 is 1.41 bits per heavy atom. The number of rotatable bonds is 4. The van der Waals surface area contributed by atoms with Gasteiger partial charge >= 0.3 is 6.18 Å². The van der Waals surface area contributed by atoms with Crippen molar-refractivity contribution in [1.29, 1.82) is 0 Å². The van der Waals surface area contributed by atoms with Crippen LogP contribution < -0.4 is 11.1 Å². The molecule has 5 nitrogen and oxygen atoms in total. The number of likely N-dealkylation sites (tertiary alicyclic amines) is 2. The highest BCUT2D eigenvalue weighted by Gasteiger charge is 2.38. The highest BCUT2D eigenvalue weighted by atomic mass is 35.5. The summed E-state index contributed by atoms with van der Waals surface area (Å²) >= 11 is 6.00. The number of hydrogen-bond donors (Lipinski definition) is 2. The van der Waals surface area contributed by atoms with E-state index in [1.54, 1.807) is 0 Å². The molecule has 1 amide bonds. The summed E-state index contributed by atoms with van der Waals surface area (Å²) in [4.78, 5) is 17.3. The maximum atomic E-state index is 12.9. The molecule has 0 spiro atoms. The number of piperidine rings is 2. The Morgan fingerprint density at radius 1 is 0.854 bits per heavy atom. The molecule has 2 heterocycles. The first kappa shape index (κ1) is 31.0. The molecule has 0 saturated carbocycles. The number of nitrogens with one attached hydrogen (secondary N) is 1. The summed E-state index contributed by atoms with van der Waals surface area (Å²) in [6, 6.07) is 22.9. The van der Waals surface area contributed by atoms with E-state index in [1.807, 2.05) is 43.4 Å². The summed E-state index contributed by atoms with van der Waals surface area (Å²) in [6.07, 6.45) is -0.572. The van der Waals surface area contributed by atoms with Crippen molar-refractivity contribution in [3.05, 3.63) is 106 Å². The molecule has 2 unspecified atom stereocenters. The molecule has 9 heteroatoms. The van der Waals surface area contributed by atoms with E-state index in [0.29, 0.717) is 6.54 Å². The van der Waals surface area contributed by atoms with Crippen molar-refractivity contribution in [2.45, 2.75) is 42.9 Å². The van der Waals surface area contributed by atoms with Crippen LogP contribution in [0.2, 0.25) is 5.02 Å². The molecule has 41 heavy (non-hydrogen) atoms. The second-order valence-corrected chi connectivity index (χ2v) is 11.7. The van der Waals surface area contributed by atoms with Crippen LogP contribution in [0.3, 0.4) is 0 Å². The van der Waals surface area contributed by atoms with E-state index in [0.717, 1.165) is 56.1 Å². The number of amides is 1. The molecule has 2 saturated heterocycles. The second kappa shape index (κ2) is 12.9. The molecule has 0 aromatic heterocycles. The number of benzene rings is 3. The summed E-state index contributed by atoms with van der Waals surface area (Å²) in [5.74, 6) is -0.479. The van der Waals surface area contributed by atoms with Gasteiger partial charge in [0.1, 0.15) is 0 Å². The lowest BCUT2D eigenvalue weighted by Gasteiger charge is -2.42. The SMILES string of the molecule is CN1CCCC(N)(c2ccccc2)C1.CN1CCCC(NC(=O)c2ccc(C(F)(F)F)cc2Cl)(c2ccccc2)C1. The fraction of sp³-hybridized carbons (Fsp3) is 0.406. The van der Waals surface area contributed by atoms with Crippen LogP contribution in [0.1, 0.15) is 52.7 Å². The molecule has 2 aliphatic heterocycles. The molecule has 0 bridgehead atoms. The Hall–Kier alpha value is -2.91. The van der Waals surface area contributed by atoms with Gasteiger partial charge in [0, 0.05) is 13.1 Å². The zero-order valence-corrected chi connectivity index (χ0v) is 24.3. The van der Waals surface area contributed by atoms with Crippen LogP contribution in [0.5, 0.6) is 0 Å². The van der Waals surface area contributed by atoms with E-state index in [-0.39, 0.29) is 16.1 Å². The van der Waals surface area contributed by atoms with E-state index < -0.39 is 23.2 Å². The number of carbonyl (C=O) groups is 1. The van der Waals surface area contributed by atoms with Gasteiger partial charge in [-0.3, -0.25) is 4.79 Å². The average molecular weight is 587 g/mol. The lowest BCUT2D eigenvalue weighted by atomic mass is 9.82. The largest absolute Gasteiger partial charge is 0.416 e. The maximum Gasteiger partial charge on any atom is 0.416 e. The van der Waals surface area contributed by atoms with Gasteiger partial charge in [-0.05, 0) is 82.2 Å². The number of carbonyl (C=O) groups excluding carboxylic acids is 1. The van der Waals surface area contributed by atoms with E-state index in [9.17, 15) is 18.0 Å². The van der Waals surface area contributed by atoms with Crippen molar-refractivity contribution in [2.75, 3.05) is 40.3 Å². The molecular weight excluding hydrogens is 549 g/mol. The van der Waals surface area contributed by atoms with Gasteiger partial charge in [-0.15, -0.1) is 0 Å². The molecule has 3 aromatic rings.